The van der Waals surface area contributed by atoms with E-state index < -0.39 is 11.7 Å². The molecule has 0 bridgehead atoms. The number of rotatable bonds is 1. The number of carbonyl (C=O) groups is 1. The Balaban J connectivity index is 2.91. The highest BCUT2D eigenvalue weighted by atomic mass is 79.9. The lowest BCUT2D eigenvalue weighted by molar-refractivity contribution is 0.100. The van der Waals surface area contributed by atoms with Gasteiger partial charge in [-0.25, -0.2) is 4.39 Å². The molecule has 5 heteroatoms. The highest BCUT2D eigenvalue weighted by Crippen LogP contribution is 2.24. The SMILES string of the molecule is NC(=O)c1ccnc2c(F)cc(Br)cc12. The third-order valence-corrected chi connectivity index (χ3v) is 2.49. The molecule has 2 aromatic rings. The van der Waals surface area contributed by atoms with Crippen LogP contribution in [0.4, 0.5) is 4.39 Å². The zero-order valence-electron chi connectivity index (χ0n) is 7.50. The smallest absolute Gasteiger partial charge is 0.249 e. The summed E-state index contributed by atoms with van der Waals surface area (Å²) in [5, 5.41) is 0.414. The minimum atomic E-state index is -0.597. The number of aromatic nitrogens is 1. The molecule has 0 saturated carbocycles. The summed E-state index contributed by atoms with van der Waals surface area (Å²) in [4.78, 5) is 15.0. The van der Waals surface area contributed by atoms with Crippen molar-refractivity contribution in [2.24, 2.45) is 5.73 Å². The zero-order valence-corrected chi connectivity index (χ0v) is 9.08. The van der Waals surface area contributed by atoms with Crippen molar-refractivity contribution < 1.29 is 9.18 Å². The molecule has 3 nitrogen and oxygen atoms in total. The monoisotopic (exact) mass is 268 g/mol. The van der Waals surface area contributed by atoms with Crippen LogP contribution in [0.15, 0.2) is 28.9 Å². The molecular weight excluding hydrogens is 263 g/mol. The number of hydrogen-bond donors (Lipinski definition) is 1. The predicted molar refractivity (Wildman–Crippen MR) is 57.9 cm³/mol. The van der Waals surface area contributed by atoms with Crippen molar-refractivity contribution >= 4 is 32.7 Å². The molecule has 2 N–H and O–H groups in total. The summed E-state index contributed by atoms with van der Waals surface area (Å²) in [6, 6.07) is 4.38. The van der Waals surface area contributed by atoms with Crippen LogP contribution in [0.1, 0.15) is 10.4 Å². The first-order valence-electron chi connectivity index (χ1n) is 4.13. The van der Waals surface area contributed by atoms with Crippen molar-refractivity contribution in [2.45, 2.75) is 0 Å². The fourth-order valence-corrected chi connectivity index (χ4v) is 1.82. The quantitative estimate of drug-likeness (QED) is 0.863. The number of amides is 1. The van der Waals surface area contributed by atoms with E-state index in [0.29, 0.717) is 9.86 Å². The lowest BCUT2D eigenvalue weighted by atomic mass is 10.1. The largest absolute Gasteiger partial charge is 0.366 e. The van der Waals surface area contributed by atoms with E-state index in [1.165, 1.54) is 18.3 Å². The standard InChI is InChI=1S/C10H6BrFN2O/c11-5-3-7-6(10(13)15)1-2-14-9(7)8(12)4-5/h1-4H,(H2,13,15). The van der Waals surface area contributed by atoms with Crippen molar-refractivity contribution in [3.05, 3.63) is 40.2 Å². The van der Waals surface area contributed by atoms with E-state index >= 15 is 0 Å². The van der Waals surface area contributed by atoms with Crippen LogP contribution in [-0.2, 0) is 0 Å². The Hall–Kier alpha value is -1.49. The third kappa shape index (κ3) is 1.70. The van der Waals surface area contributed by atoms with Gasteiger partial charge in [0.05, 0.1) is 5.56 Å². The topological polar surface area (TPSA) is 56.0 Å². The average molecular weight is 269 g/mol. The van der Waals surface area contributed by atoms with Crippen molar-refractivity contribution in [2.75, 3.05) is 0 Å². The first-order chi connectivity index (χ1) is 7.09. The fraction of sp³-hybridized carbons (Fsp3) is 0. The Labute approximate surface area is 93.2 Å². The minimum absolute atomic E-state index is 0.148. The molecule has 0 spiro atoms. The van der Waals surface area contributed by atoms with Gasteiger partial charge >= 0.3 is 0 Å². The lowest BCUT2D eigenvalue weighted by Gasteiger charge is -2.03. The molecule has 0 aliphatic rings. The molecule has 15 heavy (non-hydrogen) atoms. The number of pyridine rings is 1. The summed E-state index contributed by atoms with van der Waals surface area (Å²) in [7, 11) is 0. The van der Waals surface area contributed by atoms with Gasteiger partial charge in [-0.05, 0) is 18.2 Å². The van der Waals surface area contributed by atoms with Gasteiger partial charge in [-0.2, -0.15) is 0 Å². The van der Waals surface area contributed by atoms with Crippen molar-refractivity contribution in [3.8, 4) is 0 Å². The molecule has 0 saturated heterocycles. The van der Waals surface area contributed by atoms with E-state index in [0.717, 1.165) is 0 Å². The summed E-state index contributed by atoms with van der Waals surface area (Å²) < 4.78 is 14.0. The van der Waals surface area contributed by atoms with E-state index in [1.54, 1.807) is 6.07 Å². The normalized spacial score (nSPS) is 10.5. The predicted octanol–water partition coefficient (Wildman–Crippen LogP) is 2.24. The molecule has 1 aromatic heterocycles. The van der Waals surface area contributed by atoms with E-state index in [-0.39, 0.29) is 11.1 Å². The second-order valence-corrected chi connectivity index (χ2v) is 3.92. The van der Waals surface area contributed by atoms with Gasteiger partial charge in [-0.15, -0.1) is 0 Å². The van der Waals surface area contributed by atoms with Gasteiger partial charge in [-0.3, -0.25) is 9.78 Å². The summed E-state index contributed by atoms with van der Waals surface area (Å²) in [6.07, 6.45) is 1.36. The molecular formula is C10H6BrFN2O. The Morgan fingerprint density at radius 2 is 2.20 bits per heavy atom. The molecule has 2 rings (SSSR count). The van der Waals surface area contributed by atoms with E-state index in [9.17, 15) is 9.18 Å². The van der Waals surface area contributed by atoms with Crippen LogP contribution in [0.3, 0.4) is 0 Å². The summed E-state index contributed by atoms with van der Waals surface area (Å²) >= 11 is 3.15. The van der Waals surface area contributed by atoms with Crippen molar-refractivity contribution in [1.82, 2.24) is 4.98 Å². The van der Waals surface area contributed by atoms with Crippen LogP contribution < -0.4 is 5.73 Å². The number of fused-ring (bicyclic) bond motifs is 1. The number of carbonyl (C=O) groups excluding carboxylic acids is 1. The molecule has 1 amide bonds. The number of benzene rings is 1. The van der Waals surface area contributed by atoms with Gasteiger partial charge in [0.2, 0.25) is 5.91 Å². The highest BCUT2D eigenvalue weighted by Gasteiger charge is 2.10. The number of hydrogen-bond acceptors (Lipinski definition) is 2. The Kier molecular flexibility index (Phi) is 2.40. The van der Waals surface area contributed by atoms with Gasteiger partial charge in [0.1, 0.15) is 5.52 Å². The van der Waals surface area contributed by atoms with Gasteiger partial charge < -0.3 is 5.73 Å². The van der Waals surface area contributed by atoms with E-state index in [2.05, 4.69) is 20.9 Å². The van der Waals surface area contributed by atoms with Crippen LogP contribution in [0.2, 0.25) is 0 Å². The van der Waals surface area contributed by atoms with Crippen molar-refractivity contribution in [3.63, 3.8) is 0 Å². The maximum absolute atomic E-state index is 13.4. The van der Waals surface area contributed by atoms with E-state index in [4.69, 9.17) is 5.73 Å². The first-order valence-corrected chi connectivity index (χ1v) is 4.92. The Morgan fingerprint density at radius 1 is 1.47 bits per heavy atom. The van der Waals surface area contributed by atoms with Gasteiger partial charge in [0.15, 0.2) is 5.82 Å². The average Bonchev–Trinajstić information content (AvgIpc) is 2.16. The maximum Gasteiger partial charge on any atom is 0.249 e. The van der Waals surface area contributed by atoms with Crippen LogP contribution in [-0.4, -0.2) is 10.9 Å². The summed E-state index contributed by atoms with van der Waals surface area (Å²) in [5.74, 6) is -1.08. The molecule has 0 atom stereocenters. The fourth-order valence-electron chi connectivity index (χ4n) is 1.39. The number of halogens is 2. The van der Waals surface area contributed by atoms with Gasteiger partial charge in [0.25, 0.3) is 0 Å². The van der Waals surface area contributed by atoms with Crippen LogP contribution in [0, 0.1) is 5.82 Å². The number of primary amides is 1. The molecule has 0 aliphatic heterocycles. The highest BCUT2D eigenvalue weighted by molar-refractivity contribution is 9.10. The molecule has 0 fully saturated rings. The summed E-state index contributed by atoms with van der Waals surface area (Å²) in [5.41, 5.74) is 5.59. The van der Waals surface area contributed by atoms with Gasteiger partial charge in [-0.1, -0.05) is 15.9 Å². The number of nitrogens with two attached hydrogens (primary N) is 1. The molecule has 0 unspecified atom stereocenters. The molecule has 1 aromatic carbocycles. The lowest BCUT2D eigenvalue weighted by Crippen LogP contribution is -2.11. The van der Waals surface area contributed by atoms with Crippen LogP contribution >= 0.6 is 15.9 Å². The molecule has 1 heterocycles. The molecule has 0 aliphatic carbocycles. The first kappa shape index (κ1) is 10.0. The minimum Gasteiger partial charge on any atom is -0.366 e. The van der Waals surface area contributed by atoms with Gasteiger partial charge in [0, 0.05) is 16.1 Å². The third-order valence-electron chi connectivity index (χ3n) is 2.03. The molecule has 76 valence electrons. The Morgan fingerprint density at radius 3 is 2.87 bits per heavy atom. The van der Waals surface area contributed by atoms with Crippen molar-refractivity contribution in [1.29, 1.82) is 0 Å². The molecule has 0 radical (unpaired) electrons. The van der Waals surface area contributed by atoms with Crippen LogP contribution in [0.25, 0.3) is 10.9 Å². The maximum atomic E-state index is 13.4. The second-order valence-electron chi connectivity index (χ2n) is 3.01. The Bertz CT molecular complexity index is 556. The zero-order chi connectivity index (χ0) is 11.0. The summed E-state index contributed by atoms with van der Waals surface area (Å²) in [6.45, 7) is 0. The van der Waals surface area contributed by atoms with Crippen LogP contribution in [0.5, 0.6) is 0 Å². The second kappa shape index (κ2) is 3.58. The number of nitrogens with zero attached hydrogens (tertiary/aromatic N) is 1. The van der Waals surface area contributed by atoms with E-state index in [1.807, 2.05) is 0 Å².